The molecule has 1 aliphatic carbocycles. The normalized spacial score (nSPS) is 22.9. The summed E-state index contributed by atoms with van der Waals surface area (Å²) >= 11 is 0. The number of carbonyl (C=O) groups is 1. The van der Waals surface area contributed by atoms with Crippen LogP contribution >= 0.6 is 0 Å². The van der Waals surface area contributed by atoms with Crippen molar-refractivity contribution in [2.24, 2.45) is 5.92 Å². The van der Waals surface area contributed by atoms with E-state index in [-0.39, 0.29) is 24.0 Å². The number of rotatable bonds is 4. The van der Waals surface area contributed by atoms with Gasteiger partial charge in [0.15, 0.2) is 0 Å². The van der Waals surface area contributed by atoms with E-state index in [1.807, 2.05) is 18.2 Å². The number of carbonyl (C=O) groups excluding carboxylic acids is 1. The van der Waals surface area contributed by atoms with Crippen LogP contribution in [0.2, 0.25) is 0 Å². The van der Waals surface area contributed by atoms with E-state index in [0.717, 1.165) is 5.69 Å². The number of nitrogens with one attached hydrogen (secondary N) is 2. The Morgan fingerprint density at radius 1 is 1.45 bits per heavy atom. The van der Waals surface area contributed by atoms with E-state index < -0.39 is 0 Å². The number of aliphatic hydroxyl groups is 1. The molecule has 6 heteroatoms. The Bertz CT molecular complexity index is 564. The average Bonchev–Trinajstić information content (AvgIpc) is 2.97. The minimum atomic E-state index is -0.267. The highest BCUT2D eigenvalue weighted by Gasteiger charge is 2.36. The Morgan fingerprint density at radius 3 is 2.90 bits per heavy atom. The average molecular weight is 272 g/mol. The van der Waals surface area contributed by atoms with Crippen LogP contribution in [0.25, 0.3) is 0 Å². The van der Waals surface area contributed by atoms with Crippen LogP contribution in [-0.2, 0) is 0 Å². The first-order valence-electron chi connectivity index (χ1n) is 6.62. The van der Waals surface area contributed by atoms with Gasteiger partial charge in [0.1, 0.15) is 0 Å². The van der Waals surface area contributed by atoms with E-state index in [9.17, 15) is 9.90 Å². The van der Waals surface area contributed by atoms with Gasteiger partial charge in [0.2, 0.25) is 0 Å². The lowest BCUT2D eigenvalue weighted by molar-refractivity contribution is 0.0228. The number of nitrogens with zero attached hydrogens (tertiary/aromatic N) is 2. The Labute approximate surface area is 116 Å². The molecule has 0 radical (unpaired) electrons. The van der Waals surface area contributed by atoms with Gasteiger partial charge in [0.25, 0.3) is 5.91 Å². The first-order chi connectivity index (χ1) is 9.74. The standard InChI is InChI=1S/C14H16N4O2/c19-11-5-9(6-11)13(12-3-1-2-4-15-12)18-14(20)10-7-16-17-8-10/h1-4,7-9,11,13,19H,5-6H2,(H,16,17)(H,18,20)/t9?,11?,13-/m1/s1. The molecule has 20 heavy (non-hydrogen) atoms. The number of aromatic amines is 1. The molecule has 0 aliphatic heterocycles. The maximum absolute atomic E-state index is 12.2. The van der Waals surface area contributed by atoms with E-state index in [0.29, 0.717) is 18.4 Å². The van der Waals surface area contributed by atoms with Gasteiger partial charge in [-0.1, -0.05) is 6.07 Å². The van der Waals surface area contributed by atoms with Gasteiger partial charge in [-0.05, 0) is 30.9 Å². The van der Waals surface area contributed by atoms with Crippen molar-refractivity contribution in [2.75, 3.05) is 0 Å². The van der Waals surface area contributed by atoms with Crippen molar-refractivity contribution in [1.29, 1.82) is 0 Å². The highest BCUT2D eigenvalue weighted by Crippen LogP contribution is 2.37. The van der Waals surface area contributed by atoms with Gasteiger partial charge in [0, 0.05) is 12.4 Å². The largest absolute Gasteiger partial charge is 0.393 e. The summed E-state index contributed by atoms with van der Waals surface area (Å²) in [5.74, 6) is 0.0338. The molecule has 2 aromatic heterocycles. The first-order valence-corrected chi connectivity index (χ1v) is 6.62. The Morgan fingerprint density at radius 2 is 2.30 bits per heavy atom. The Kier molecular flexibility index (Phi) is 3.47. The quantitative estimate of drug-likeness (QED) is 0.775. The van der Waals surface area contributed by atoms with Crippen molar-refractivity contribution in [3.8, 4) is 0 Å². The molecule has 2 aromatic rings. The van der Waals surface area contributed by atoms with Crippen LogP contribution < -0.4 is 5.32 Å². The fraction of sp³-hybridized carbons (Fsp3) is 0.357. The summed E-state index contributed by atoms with van der Waals surface area (Å²) in [6.45, 7) is 0. The van der Waals surface area contributed by atoms with Gasteiger partial charge < -0.3 is 10.4 Å². The summed E-state index contributed by atoms with van der Waals surface area (Å²) in [6.07, 6.45) is 5.86. The monoisotopic (exact) mass is 272 g/mol. The van der Waals surface area contributed by atoms with Gasteiger partial charge in [-0.2, -0.15) is 5.10 Å². The second-order valence-corrected chi connectivity index (χ2v) is 5.08. The second kappa shape index (κ2) is 5.42. The molecule has 3 rings (SSSR count). The highest BCUT2D eigenvalue weighted by molar-refractivity contribution is 5.93. The minimum Gasteiger partial charge on any atom is -0.393 e. The molecule has 2 heterocycles. The van der Waals surface area contributed by atoms with Crippen LogP contribution in [0.5, 0.6) is 0 Å². The molecule has 0 unspecified atom stereocenters. The third-order valence-corrected chi connectivity index (χ3v) is 3.67. The smallest absolute Gasteiger partial charge is 0.255 e. The molecule has 6 nitrogen and oxygen atoms in total. The number of pyridine rings is 1. The first kappa shape index (κ1) is 12.8. The Balaban J connectivity index is 1.78. The summed E-state index contributed by atoms with van der Waals surface area (Å²) < 4.78 is 0. The summed E-state index contributed by atoms with van der Waals surface area (Å²) in [5, 5.41) is 18.9. The number of aromatic nitrogens is 3. The number of amides is 1. The maximum Gasteiger partial charge on any atom is 0.255 e. The molecule has 0 saturated heterocycles. The second-order valence-electron chi connectivity index (χ2n) is 5.08. The van der Waals surface area contributed by atoms with Gasteiger partial charge in [-0.3, -0.25) is 14.9 Å². The van der Waals surface area contributed by atoms with Crippen molar-refractivity contribution in [2.45, 2.75) is 25.0 Å². The number of H-pyrrole nitrogens is 1. The lowest BCUT2D eigenvalue weighted by atomic mass is 9.76. The van der Waals surface area contributed by atoms with Crippen LogP contribution in [0, 0.1) is 5.92 Å². The molecule has 1 saturated carbocycles. The van der Waals surface area contributed by atoms with E-state index in [2.05, 4.69) is 20.5 Å². The molecule has 0 bridgehead atoms. The van der Waals surface area contributed by atoms with Crippen molar-refractivity contribution in [1.82, 2.24) is 20.5 Å². The summed E-state index contributed by atoms with van der Waals surface area (Å²) in [4.78, 5) is 16.5. The molecule has 3 N–H and O–H groups in total. The zero-order chi connectivity index (χ0) is 13.9. The van der Waals surface area contributed by atoms with E-state index in [1.54, 1.807) is 12.4 Å². The van der Waals surface area contributed by atoms with E-state index >= 15 is 0 Å². The number of hydrogen-bond donors (Lipinski definition) is 3. The van der Waals surface area contributed by atoms with Crippen LogP contribution in [0.15, 0.2) is 36.8 Å². The zero-order valence-electron chi connectivity index (χ0n) is 10.9. The molecule has 104 valence electrons. The zero-order valence-corrected chi connectivity index (χ0v) is 10.9. The molecular weight excluding hydrogens is 256 g/mol. The predicted octanol–water partition coefficient (Wildman–Crippen LogP) is 1.05. The molecule has 1 atom stereocenters. The highest BCUT2D eigenvalue weighted by atomic mass is 16.3. The molecular formula is C14H16N4O2. The third kappa shape index (κ3) is 2.55. The van der Waals surface area contributed by atoms with Crippen LogP contribution in [0.3, 0.4) is 0 Å². The van der Waals surface area contributed by atoms with Gasteiger partial charge in [0.05, 0.1) is 29.6 Å². The molecule has 0 spiro atoms. The van der Waals surface area contributed by atoms with Crippen molar-refractivity contribution in [3.05, 3.63) is 48.0 Å². The van der Waals surface area contributed by atoms with Crippen molar-refractivity contribution >= 4 is 5.91 Å². The molecule has 1 aliphatic rings. The summed E-state index contributed by atoms with van der Waals surface area (Å²) in [7, 11) is 0. The predicted molar refractivity (Wildman–Crippen MR) is 71.8 cm³/mol. The van der Waals surface area contributed by atoms with Crippen LogP contribution in [-0.4, -0.2) is 32.3 Å². The fourth-order valence-electron chi connectivity index (χ4n) is 2.49. The number of aliphatic hydroxyl groups excluding tert-OH is 1. The van der Waals surface area contributed by atoms with E-state index in [1.165, 1.54) is 6.20 Å². The molecule has 1 amide bonds. The summed E-state index contributed by atoms with van der Waals surface area (Å²) in [5.41, 5.74) is 1.31. The Hall–Kier alpha value is -2.21. The van der Waals surface area contributed by atoms with Gasteiger partial charge >= 0.3 is 0 Å². The topological polar surface area (TPSA) is 90.9 Å². The maximum atomic E-state index is 12.2. The van der Waals surface area contributed by atoms with Gasteiger partial charge in [-0.15, -0.1) is 0 Å². The molecule has 0 aromatic carbocycles. The van der Waals surface area contributed by atoms with Gasteiger partial charge in [-0.25, -0.2) is 0 Å². The van der Waals surface area contributed by atoms with Crippen LogP contribution in [0.4, 0.5) is 0 Å². The SMILES string of the molecule is O=C(N[C@@H](c1ccccn1)C1CC(O)C1)c1cn[nH]c1. The summed E-state index contributed by atoms with van der Waals surface area (Å²) in [6, 6.07) is 5.45. The lowest BCUT2D eigenvalue weighted by Crippen LogP contribution is -2.41. The van der Waals surface area contributed by atoms with Crippen molar-refractivity contribution in [3.63, 3.8) is 0 Å². The van der Waals surface area contributed by atoms with Crippen molar-refractivity contribution < 1.29 is 9.90 Å². The molecule has 1 fully saturated rings. The van der Waals surface area contributed by atoms with E-state index in [4.69, 9.17) is 0 Å². The fourth-order valence-corrected chi connectivity index (χ4v) is 2.49. The number of hydrogen-bond acceptors (Lipinski definition) is 4. The van der Waals surface area contributed by atoms with Crippen LogP contribution in [0.1, 0.15) is 34.9 Å². The third-order valence-electron chi connectivity index (χ3n) is 3.67. The lowest BCUT2D eigenvalue weighted by Gasteiger charge is -2.37. The minimum absolute atomic E-state index is 0.179.